The average Bonchev–Trinajstić information content (AvgIpc) is 3.15. The Hall–Kier alpha value is -0.450. The molecule has 0 amide bonds. The van der Waals surface area contributed by atoms with Crippen molar-refractivity contribution in [2.45, 2.75) is 64.4 Å². The van der Waals surface area contributed by atoms with Gasteiger partial charge in [-0.15, -0.1) is 11.3 Å². The highest BCUT2D eigenvalue weighted by Crippen LogP contribution is 2.45. The Morgan fingerprint density at radius 3 is 2.71 bits per heavy atom. The van der Waals surface area contributed by atoms with Crippen molar-refractivity contribution < 1.29 is 5.11 Å². The summed E-state index contributed by atoms with van der Waals surface area (Å²) in [4.78, 5) is 8.56. The van der Waals surface area contributed by atoms with Crippen molar-refractivity contribution in [3.05, 3.63) is 15.6 Å². The number of hydrogen-bond acceptors (Lipinski definition) is 4. The summed E-state index contributed by atoms with van der Waals surface area (Å²) in [6.07, 6.45) is 6.24. The van der Waals surface area contributed by atoms with Crippen LogP contribution in [0.5, 0.6) is 0 Å². The Labute approximate surface area is 132 Å². The van der Waals surface area contributed by atoms with Gasteiger partial charge in [0.2, 0.25) is 0 Å². The molecule has 21 heavy (non-hydrogen) atoms. The minimum absolute atomic E-state index is 0.617. The van der Waals surface area contributed by atoms with E-state index in [4.69, 9.17) is 4.98 Å². The molecule has 3 nitrogen and oxygen atoms in total. The summed E-state index contributed by atoms with van der Waals surface area (Å²) in [5.41, 5.74) is 0.447. The molecule has 0 bridgehead atoms. The highest BCUT2D eigenvalue weighted by atomic mass is 32.1. The fraction of sp³-hybridized carbons (Fsp3) is 0.824. The van der Waals surface area contributed by atoms with Crippen LogP contribution in [0.25, 0.3) is 0 Å². The molecule has 1 aromatic rings. The van der Waals surface area contributed by atoms with Crippen molar-refractivity contribution in [3.63, 3.8) is 0 Å². The van der Waals surface area contributed by atoms with Crippen LogP contribution in [0.15, 0.2) is 0 Å². The molecule has 118 valence electrons. The third kappa shape index (κ3) is 3.85. The molecule has 1 aromatic heterocycles. The van der Waals surface area contributed by atoms with Crippen molar-refractivity contribution >= 4 is 11.3 Å². The number of thiazole rings is 1. The second kappa shape index (κ2) is 5.98. The first-order valence-electron chi connectivity index (χ1n) is 8.38. The van der Waals surface area contributed by atoms with Crippen LogP contribution in [0.4, 0.5) is 0 Å². The lowest BCUT2D eigenvalue weighted by atomic mass is 10.0. The third-order valence-electron chi connectivity index (χ3n) is 4.60. The topological polar surface area (TPSA) is 36.4 Å². The molecule has 3 rings (SSSR count). The van der Waals surface area contributed by atoms with Gasteiger partial charge in [-0.05, 0) is 52.0 Å². The van der Waals surface area contributed by atoms with E-state index in [1.54, 1.807) is 11.3 Å². The first-order chi connectivity index (χ1) is 9.93. The van der Waals surface area contributed by atoms with Gasteiger partial charge in [-0.2, -0.15) is 0 Å². The van der Waals surface area contributed by atoms with E-state index in [0.29, 0.717) is 5.92 Å². The molecule has 2 fully saturated rings. The van der Waals surface area contributed by atoms with Crippen LogP contribution in [-0.4, -0.2) is 34.6 Å². The van der Waals surface area contributed by atoms with E-state index in [2.05, 4.69) is 11.8 Å². The smallest absolute Gasteiger partial charge is 0.0951 e. The van der Waals surface area contributed by atoms with Gasteiger partial charge in [0.05, 0.1) is 21.2 Å². The van der Waals surface area contributed by atoms with Crippen LogP contribution in [0.1, 0.15) is 68.0 Å². The predicted octanol–water partition coefficient (Wildman–Crippen LogP) is 3.52. The monoisotopic (exact) mass is 308 g/mol. The zero-order chi connectivity index (χ0) is 15.0. The largest absolute Gasteiger partial charge is 0.385 e. The predicted molar refractivity (Wildman–Crippen MR) is 87.9 cm³/mol. The van der Waals surface area contributed by atoms with Crippen molar-refractivity contribution in [1.29, 1.82) is 0 Å². The summed E-state index contributed by atoms with van der Waals surface area (Å²) in [5.74, 6) is 1.45. The van der Waals surface area contributed by atoms with E-state index >= 15 is 0 Å². The summed E-state index contributed by atoms with van der Waals surface area (Å²) < 4.78 is 0. The van der Waals surface area contributed by atoms with Gasteiger partial charge in [0.1, 0.15) is 0 Å². The molecule has 0 spiro atoms. The van der Waals surface area contributed by atoms with Crippen LogP contribution in [0.3, 0.4) is 0 Å². The van der Waals surface area contributed by atoms with Crippen LogP contribution >= 0.6 is 11.3 Å². The molecule has 1 saturated heterocycles. The van der Waals surface area contributed by atoms with Crippen LogP contribution in [0, 0.1) is 5.92 Å². The summed E-state index contributed by atoms with van der Waals surface area (Å²) in [7, 11) is 0. The number of aromatic nitrogens is 1. The van der Waals surface area contributed by atoms with Crippen molar-refractivity contribution in [3.8, 4) is 0 Å². The summed E-state index contributed by atoms with van der Waals surface area (Å²) in [6.45, 7) is 9.73. The van der Waals surface area contributed by atoms with Gasteiger partial charge < -0.3 is 10.0 Å². The van der Waals surface area contributed by atoms with Gasteiger partial charge in [0.25, 0.3) is 0 Å². The van der Waals surface area contributed by atoms with E-state index in [1.165, 1.54) is 49.5 Å². The number of likely N-dealkylation sites (tertiary alicyclic amines) is 1. The molecule has 2 aliphatic rings. The number of nitrogens with zero attached hydrogens (tertiary/aromatic N) is 2. The van der Waals surface area contributed by atoms with Gasteiger partial charge in [-0.25, -0.2) is 4.98 Å². The van der Waals surface area contributed by atoms with E-state index in [-0.39, 0.29) is 0 Å². The van der Waals surface area contributed by atoms with E-state index in [1.807, 2.05) is 13.8 Å². The minimum atomic E-state index is -0.743. The summed E-state index contributed by atoms with van der Waals surface area (Å²) in [6, 6.07) is 0. The molecular formula is C17H28N2OS. The standard InChI is InChI=1S/C17H28N2OS/c1-12-5-4-9-19(11-12)10-8-14-18-15(13-6-7-13)16(21-14)17(2,3)20/h12-13,20H,4-11H2,1-3H3. The Kier molecular flexibility index (Phi) is 4.40. The number of rotatable bonds is 5. The zero-order valence-corrected chi connectivity index (χ0v) is 14.4. The third-order valence-corrected chi connectivity index (χ3v) is 6.04. The molecule has 1 aliphatic heterocycles. The first kappa shape index (κ1) is 15.4. The Balaban J connectivity index is 1.65. The zero-order valence-electron chi connectivity index (χ0n) is 13.6. The molecule has 1 N–H and O–H groups in total. The number of aliphatic hydroxyl groups is 1. The lowest BCUT2D eigenvalue weighted by molar-refractivity contribution is 0.0813. The van der Waals surface area contributed by atoms with E-state index in [0.717, 1.165) is 23.8 Å². The van der Waals surface area contributed by atoms with Gasteiger partial charge >= 0.3 is 0 Å². The molecule has 1 unspecified atom stereocenters. The van der Waals surface area contributed by atoms with Crippen LogP contribution < -0.4 is 0 Å². The second-order valence-electron chi connectivity index (χ2n) is 7.45. The molecule has 1 atom stereocenters. The highest BCUT2D eigenvalue weighted by Gasteiger charge is 2.34. The van der Waals surface area contributed by atoms with Gasteiger partial charge in [0, 0.05) is 25.4 Å². The lowest BCUT2D eigenvalue weighted by Gasteiger charge is -2.30. The summed E-state index contributed by atoms with van der Waals surface area (Å²) >= 11 is 1.74. The van der Waals surface area contributed by atoms with E-state index < -0.39 is 5.60 Å². The minimum Gasteiger partial charge on any atom is -0.385 e. The van der Waals surface area contributed by atoms with Crippen molar-refractivity contribution in [2.75, 3.05) is 19.6 Å². The number of piperidine rings is 1. The van der Waals surface area contributed by atoms with Gasteiger partial charge in [-0.3, -0.25) is 0 Å². The summed E-state index contributed by atoms with van der Waals surface area (Å²) in [5, 5.41) is 11.6. The van der Waals surface area contributed by atoms with Crippen molar-refractivity contribution in [2.24, 2.45) is 5.92 Å². The Morgan fingerprint density at radius 2 is 2.10 bits per heavy atom. The van der Waals surface area contributed by atoms with Crippen molar-refractivity contribution in [1.82, 2.24) is 9.88 Å². The maximum atomic E-state index is 10.4. The molecule has 1 aliphatic carbocycles. The average molecular weight is 308 g/mol. The molecule has 0 aromatic carbocycles. The second-order valence-corrected chi connectivity index (χ2v) is 8.54. The normalized spacial score (nSPS) is 24.5. The molecular weight excluding hydrogens is 280 g/mol. The molecule has 1 saturated carbocycles. The van der Waals surface area contributed by atoms with Gasteiger partial charge in [0.15, 0.2) is 0 Å². The highest BCUT2D eigenvalue weighted by molar-refractivity contribution is 7.11. The van der Waals surface area contributed by atoms with Gasteiger partial charge in [-0.1, -0.05) is 6.92 Å². The maximum Gasteiger partial charge on any atom is 0.0951 e. The molecule has 0 radical (unpaired) electrons. The number of hydrogen-bond donors (Lipinski definition) is 1. The molecule has 4 heteroatoms. The van der Waals surface area contributed by atoms with Crippen LogP contribution in [0.2, 0.25) is 0 Å². The van der Waals surface area contributed by atoms with Crippen LogP contribution in [-0.2, 0) is 12.0 Å². The quantitative estimate of drug-likeness (QED) is 0.904. The Bertz CT molecular complexity index is 487. The molecule has 2 heterocycles. The first-order valence-corrected chi connectivity index (χ1v) is 9.20. The SMILES string of the molecule is CC1CCCN(CCc2nc(C3CC3)c(C(C)(C)O)s2)C1. The fourth-order valence-corrected chi connectivity index (χ4v) is 4.44. The Morgan fingerprint density at radius 1 is 1.33 bits per heavy atom. The maximum absolute atomic E-state index is 10.4. The fourth-order valence-electron chi connectivity index (χ4n) is 3.30. The lowest BCUT2D eigenvalue weighted by Crippen LogP contribution is -2.35. The van der Waals surface area contributed by atoms with E-state index in [9.17, 15) is 5.11 Å².